The predicted molar refractivity (Wildman–Crippen MR) is 122 cm³/mol. The highest BCUT2D eigenvalue weighted by Crippen LogP contribution is 2.17. The SMILES string of the molecule is CCOc1ccc(NC(=O)C(C)OC(=O)[C@H](C)NS(=O)(=O)c2ccc(NC(C)=O)cc2)cc1. The van der Waals surface area contributed by atoms with E-state index in [1.54, 1.807) is 24.3 Å². The fourth-order valence-corrected chi connectivity index (χ4v) is 3.84. The van der Waals surface area contributed by atoms with E-state index in [1.807, 2.05) is 6.92 Å². The summed E-state index contributed by atoms with van der Waals surface area (Å²) in [7, 11) is -4.04. The number of carbonyl (C=O) groups excluding carboxylic acids is 3. The van der Waals surface area contributed by atoms with Crippen molar-refractivity contribution in [1.29, 1.82) is 0 Å². The highest BCUT2D eigenvalue weighted by molar-refractivity contribution is 7.89. The van der Waals surface area contributed by atoms with Gasteiger partial charge in [0, 0.05) is 18.3 Å². The highest BCUT2D eigenvalue weighted by Gasteiger charge is 2.26. The molecule has 0 spiro atoms. The third kappa shape index (κ3) is 7.88. The van der Waals surface area contributed by atoms with Gasteiger partial charge in [0.1, 0.15) is 11.8 Å². The molecule has 1 unspecified atom stereocenters. The maximum atomic E-state index is 12.5. The van der Waals surface area contributed by atoms with E-state index in [1.165, 1.54) is 45.0 Å². The third-order valence-electron chi connectivity index (χ3n) is 4.27. The summed E-state index contributed by atoms with van der Waals surface area (Å²) in [5, 5.41) is 5.14. The predicted octanol–water partition coefficient (Wildman–Crippen LogP) is 2.28. The van der Waals surface area contributed by atoms with Gasteiger partial charge in [0.05, 0.1) is 11.5 Å². The van der Waals surface area contributed by atoms with Crippen molar-refractivity contribution in [3.8, 4) is 5.75 Å². The average molecular weight is 478 g/mol. The summed E-state index contributed by atoms with van der Waals surface area (Å²) in [4.78, 5) is 35.6. The summed E-state index contributed by atoms with van der Waals surface area (Å²) in [6.07, 6.45) is -1.16. The van der Waals surface area contributed by atoms with E-state index in [2.05, 4.69) is 15.4 Å². The van der Waals surface area contributed by atoms with Crippen molar-refractivity contribution in [2.45, 2.75) is 44.7 Å². The van der Waals surface area contributed by atoms with Crippen LogP contribution in [0.2, 0.25) is 0 Å². The molecular formula is C22H27N3O7S. The van der Waals surface area contributed by atoms with E-state index >= 15 is 0 Å². The van der Waals surface area contributed by atoms with Gasteiger partial charge in [0.2, 0.25) is 15.9 Å². The van der Waals surface area contributed by atoms with Gasteiger partial charge in [-0.05, 0) is 69.3 Å². The molecule has 2 aromatic carbocycles. The first-order valence-corrected chi connectivity index (χ1v) is 11.6. The molecule has 0 aliphatic rings. The molecular weight excluding hydrogens is 450 g/mol. The van der Waals surface area contributed by atoms with E-state index in [0.29, 0.717) is 23.7 Å². The number of hydrogen-bond acceptors (Lipinski definition) is 7. The number of ether oxygens (including phenoxy) is 2. The van der Waals surface area contributed by atoms with Crippen LogP contribution in [0.5, 0.6) is 5.75 Å². The number of benzene rings is 2. The van der Waals surface area contributed by atoms with E-state index in [4.69, 9.17) is 9.47 Å². The van der Waals surface area contributed by atoms with Gasteiger partial charge in [-0.3, -0.25) is 14.4 Å². The maximum Gasteiger partial charge on any atom is 0.324 e. The van der Waals surface area contributed by atoms with Gasteiger partial charge in [-0.1, -0.05) is 0 Å². The molecule has 2 atom stereocenters. The van der Waals surface area contributed by atoms with E-state index in [9.17, 15) is 22.8 Å². The Kier molecular flexibility index (Phi) is 8.94. The Hall–Kier alpha value is -3.44. The molecule has 0 saturated heterocycles. The fraction of sp³-hybridized carbons (Fsp3) is 0.318. The van der Waals surface area contributed by atoms with E-state index in [0.717, 1.165) is 0 Å². The zero-order valence-electron chi connectivity index (χ0n) is 18.7. The minimum atomic E-state index is -4.04. The highest BCUT2D eigenvalue weighted by atomic mass is 32.2. The molecule has 0 aliphatic heterocycles. The van der Waals surface area contributed by atoms with Crippen LogP contribution in [0.3, 0.4) is 0 Å². The van der Waals surface area contributed by atoms with Crippen molar-refractivity contribution in [2.75, 3.05) is 17.2 Å². The first-order chi connectivity index (χ1) is 15.5. The third-order valence-corrected chi connectivity index (χ3v) is 5.82. The molecule has 0 heterocycles. The summed E-state index contributed by atoms with van der Waals surface area (Å²) in [5.41, 5.74) is 0.920. The van der Waals surface area contributed by atoms with Crippen molar-refractivity contribution >= 4 is 39.2 Å². The summed E-state index contributed by atoms with van der Waals surface area (Å²) in [6.45, 7) is 6.39. The molecule has 10 nitrogen and oxygen atoms in total. The lowest BCUT2D eigenvalue weighted by Gasteiger charge is -2.18. The Morgan fingerprint density at radius 2 is 1.45 bits per heavy atom. The molecule has 11 heteroatoms. The molecule has 2 rings (SSSR count). The smallest absolute Gasteiger partial charge is 0.324 e. The van der Waals surface area contributed by atoms with Gasteiger partial charge in [0.15, 0.2) is 6.10 Å². The summed E-state index contributed by atoms with van der Waals surface area (Å²) < 4.78 is 37.7. The van der Waals surface area contributed by atoms with Gasteiger partial charge < -0.3 is 20.1 Å². The second-order valence-corrected chi connectivity index (χ2v) is 8.79. The van der Waals surface area contributed by atoms with Crippen LogP contribution < -0.4 is 20.1 Å². The number of anilines is 2. The van der Waals surface area contributed by atoms with Crippen molar-refractivity contribution < 1.29 is 32.3 Å². The van der Waals surface area contributed by atoms with Crippen LogP contribution in [0.15, 0.2) is 53.4 Å². The summed E-state index contributed by atoms with van der Waals surface area (Å²) in [6, 6.07) is 10.8. The Labute approximate surface area is 192 Å². The summed E-state index contributed by atoms with van der Waals surface area (Å²) in [5.74, 6) is -1.12. The van der Waals surface area contributed by atoms with Crippen molar-refractivity contribution in [1.82, 2.24) is 4.72 Å². The minimum Gasteiger partial charge on any atom is -0.494 e. The topological polar surface area (TPSA) is 140 Å². The molecule has 2 amide bonds. The Balaban J connectivity index is 1.92. The number of nitrogens with one attached hydrogen (secondary N) is 3. The van der Waals surface area contributed by atoms with Crippen molar-refractivity contribution in [3.63, 3.8) is 0 Å². The second-order valence-electron chi connectivity index (χ2n) is 7.07. The monoisotopic (exact) mass is 477 g/mol. The zero-order valence-corrected chi connectivity index (χ0v) is 19.6. The maximum absolute atomic E-state index is 12.5. The van der Waals surface area contributed by atoms with Crippen molar-refractivity contribution in [3.05, 3.63) is 48.5 Å². The normalized spacial score (nSPS) is 12.8. The Morgan fingerprint density at radius 3 is 2.00 bits per heavy atom. The van der Waals surface area contributed by atoms with Crippen LogP contribution in [0.1, 0.15) is 27.7 Å². The number of sulfonamides is 1. The lowest BCUT2D eigenvalue weighted by Crippen LogP contribution is -2.42. The van der Waals surface area contributed by atoms with Crippen LogP contribution in [0.4, 0.5) is 11.4 Å². The first kappa shape index (κ1) is 25.8. The standard InChI is InChI=1S/C22H27N3O7S/c1-5-31-19-10-6-18(7-11-19)24-21(27)15(3)32-22(28)14(2)25-33(29,30)20-12-8-17(9-13-20)23-16(4)26/h6-15,25H,5H2,1-4H3,(H,23,26)(H,24,27)/t14-,15?/m0/s1. The molecule has 0 fully saturated rings. The largest absolute Gasteiger partial charge is 0.494 e. The van der Waals surface area contributed by atoms with Gasteiger partial charge in [-0.2, -0.15) is 4.72 Å². The molecule has 0 saturated carbocycles. The quantitative estimate of drug-likeness (QED) is 0.446. The number of esters is 1. The second kappa shape index (κ2) is 11.4. The van der Waals surface area contributed by atoms with Crippen LogP contribution >= 0.6 is 0 Å². The van der Waals surface area contributed by atoms with Gasteiger partial charge in [-0.15, -0.1) is 0 Å². The molecule has 0 bridgehead atoms. The molecule has 0 aromatic heterocycles. The number of amides is 2. The van der Waals surface area contributed by atoms with E-state index in [-0.39, 0.29) is 10.8 Å². The molecule has 3 N–H and O–H groups in total. The lowest BCUT2D eigenvalue weighted by molar-refractivity contribution is -0.154. The number of hydrogen-bond donors (Lipinski definition) is 3. The Morgan fingerprint density at radius 1 is 0.909 bits per heavy atom. The molecule has 2 aromatic rings. The fourth-order valence-electron chi connectivity index (χ4n) is 2.64. The number of carbonyl (C=O) groups is 3. The number of rotatable bonds is 10. The Bertz CT molecular complexity index is 1080. The first-order valence-electron chi connectivity index (χ1n) is 10.2. The lowest BCUT2D eigenvalue weighted by atomic mass is 10.2. The minimum absolute atomic E-state index is 0.0995. The van der Waals surface area contributed by atoms with Crippen LogP contribution in [-0.2, 0) is 29.1 Å². The van der Waals surface area contributed by atoms with Crippen LogP contribution in [-0.4, -0.2) is 45.0 Å². The van der Waals surface area contributed by atoms with E-state index < -0.39 is 34.0 Å². The van der Waals surface area contributed by atoms with Gasteiger partial charge >= 0.3 is 5.97 Å². The molecule has 33 heavy (non-hydrogen) atoms. The van der Waals surface area contributed by atoms with Crippen LogP contribution in [0.25, 0.3) is 0 Å². The van der Waals surface area contributed by atoms with Gasteiger partial charge in [0.25, 0.3) is 5.91 Å². The van der Waals surface area contributed by atoms with Crippen LogP contribution in [0, 0.1) is 0 Å². The van der Waals surface area contributed by atoms with Gasteiger partial charge in [-0.25, -0.2) is 8.42 Å². The average Bonchev–Trinajstić information content (AvgIpc) is 2.74. The summed E-state index contributed by atoms with van der Waals surface area (Å²) >= 11 is 0. The zero-order chi connectivity index (χ0) is 24.6. The molecule has 0 aliphatic carbocycles. The molecule has 0 radical (unpaired) electrons. The molecule has 178 valence electrons. The van der Waals surface area contributed by atoms with Crippen molar-refractivity contribution in [2.24, 2.45) is 0 Å².